The fourth-order valence-corrected chi connectivity index (χ4v) is 2.38. The van der Waals surface area contributed by atoms with Crippen LogP contribution in [0.3, 0.4) is 0 Å². The molecule has 1 aliphatic heterocycles. The van der Waals surface area contributed by atoms with E-state index in [-0.39, 0.29) is 12.1 Å². The van der Waals surface area contributed by atoms with Crippen LogP contribution in [0.1, 0.15) is 32.8 Å². The third-order valence-corrected chi connectivity index (χ3v) is 3.70. The lowest BCUT2D eigenvalue weighted by atomic mass is 10.1. The van der Waals surface area contributed by atoms with E-state index >= 15 is 0 Å². The minimum absolute atomic E-state index is 0.264. The van der Waals surface area contributed by atoms with E-state index in [4.69, 9.17) is 4.74 Å². The number of alkyl halides is 2. The number of carbonyl (C=O) groups excluding carboxylic acids is 1. The number of aliphatic hydroxyl groups is 1. The number of rotatable bonds is 5. The van der Waals surface area contributed by atoms with Gasteiger partial charge in [0.15, 0.2) is 6.10 Å². The van der Waals surface area contributed by atoms with Gasteiger partial charge >= 0.3 is 0 Å². The molecule has 2 rings (SSSR count). The Morgan fingerprint density at radius 2 is 2.04 bits per heavy atom. The molecule has 0 radical (unpaired) electrons. The molecule has 126 valence electrons. The summed E-state index contributed by atoms with van der Waals surface area (Å²) in [7, 11) is 0. The summed E-state index contributed by atoms with van der Waals surface area (Å²) in [5.41, 5.74) is -1.23. The van der Waals surface area contributed by atoms with Gasteiger partial charge in [0.1, 0.15) is 5.75 Å². The Morgan fingerprint density at radius 3 is 2.57 bits per heavy atom. The first-order valence-electron chi connectivity index (χ1n) is 7.42. The fraction of sp³-hybridized carbons (Fsp3) is 0.500. The lowest BCUT2D eigenvalue weighted by molar-refractivity contribution is -0.196. The van der Waals surface area contributed by atoms with E-state index in [0.29, 0.717) is 10.8 Å². The Labute approximate surface area is 133 Å². The highest BCUT2D eigenvalue weighted by molar-refractivity contribution is 5.90. The second-order valence-corrected chi connectivity index (χ2v) is 5.60. The standard InChI is InChI=1S/C16H20F2N2O3/c1-4-12-5-7-13(8-6-12)23-11(3)14(21)20-16(22,15(17)18)9-10(2)19-20/h5-8,11,15,22H,4,9H2,1-3H3/t11-,16-/m1/s1. The first-order chi connectivity index (χ1) is 10.8. The highest BCUT2D eigenvalue weighted by Gasteiger charge is 2.51. The summed E-state index contributed by atoms with van der Waals surface area (Å²) in [4.78, 5) is 12.3. The number of ether oxygens (including phenoxy) is 1. The molecule has 1 aliphatic rings. The van der Waals surface area contributed by atoms with E-state index in [1.54, 1.807) is 12.1 Å². The molecule has 0 aromatic heterocycles. The van der Waals surface area contributed by atoms with Crippen molar-refractivity contribution in [1.82, 2.24) is 5.01 Å². The zero-order chi connectivity index (χ0) is 17.2. The predicted molar refractivity (Wildman–Crippen MR) is 81.4 cm³/mol. The first kappa shape index (κ1) is 17.3. The van der Waals surface area contributed by atoms with Crippen LogP contribution in [-0.4, -0.2) is 40.0 Å². The number of aryl methyl sites for hydroxylation is 1. The lowest BCUT2D eigenvalue weighted by Crippen LogP contribution is -2.54. The Kier molecular flexibility index (Phi) is 4.99. The summed E-state index contributed by atoms with van der Waals surface area (Å²) in [6, 6.07) is 7.14. The molecule has 0 aliphatic carbocycles. The molecule has 1 heterocycles. The number of hydrogen-bond donors (Lipinski definition) is 1. The van der Waals surface area contributed by atoms with Gasteiger partial charge in [-0.1, -0.05) is 19.1 Å². The number of hydrazone groups is 1. The summed E-state index contributed by atoms with van der Waals surface area (Å²) >= 11 is 0. The van der Waals surface area contributed by atoms with Crippen LogP contribution in [0.5, 0.6) is 5.75 Å². The smallest absolute Gasteiger partial charge is 0.287 e. The summed E-state index contributed by atoms with van der Waals surface area (Å²) in [5.74, 6) is -0.368. The molecule has 2 atom stereocenters. The maximum atomic E-state index is 13.1. The maximum Gasteiger partial charge on any atom is 0.287 e. The molecule has 1 aromatic carbocycles. The summed E-state index contributed by atoms with van der Waals surface area (Å²) < 4.78 is 31.7. The van der Waals surface area contributed by atoms with Gasteiger partial charge < -0.3 is 9.84 Å². The Bertz CT molecular complexity index is 604. The number of carbonyl (C=O) groups is 1. The van der Waals surface area contributed by atoms with Gasteiger partial charge in [0.05, 0.1) is 0 Å². The van der Waals surface area contributed by atoms with E-state index in [0.717, 1.165) is 12.0 Å². The third kappa shape index (κ3) is 3.50. The van der Waals surface area contributed by atoms with Crippen molar-refractivity contribution in [3.63, 3.8) is 0 Å². The molecule has 0 saturated carbocycles. The average Bonchev–Trinajstić information content (AvgIpc) is 2.83. The zero-order valence-electron chi connectivity index (χ0n) is 13.3. The van der Waals surface area contributed by atoms with Crippen molar-refractivity contribution < 1.29 is 23.4 Å². The Hall–Kier alpha value is -2.02. The number of amides is 1. The molecule has 1 amide bonds. The normalized spacial score (nSPS) is 22.2. The van der Waals surface area contributed by atoms with Crippen molar-refractivity contribution in [2.45, 2.75) is 51.9 Å². The highest BCUT2D eigenvalue weighted by Crippen LogP contribution is 2.32. The van der Waals surface area contributed by atoms with Crippen LogP contribution in [0.2, 0.25) is 0 Å². The molecular formula is C16H20F2N2O3. The number of benzene rings is 1. The average molecular weight is 326 g/mol. The van der Waals surface area contributed by atoms with Gasteiger partial charge in [-0.2, -0.15) is 10.1 Å². The van der Waals surface area contributed by atoms with Crippen molar-refractivity contribution in [2.75, 3.05) is 0 Å². The largest absolute Gasteiger partial charge is 0.481 e. The van der Waals surface area contributed by atoms with Gasteiger partial charge in [-0.25, -0.2) is 8.78 Å². The van der Waals surface area contributed by atoms with Crippen LogP contribution in [0, 0.1) is 0 Å². The second-order valence-electron chi connectivity index (χ2n) is 5.60. The predicted octanol–water partition coefficient (Wildman–Crippen LogP) is 2.58. The first-order valence-corrected chi connectivity index (χ1v) is 7.42. The molecule has 0 unspecified atom stereocenters. The lowest BCUT2D eigenvalue weighted by Gasteiger charge is -2.31. The van der Waals surface area contributed by atoms with Crippen LogP contribution in [0.4, 0.5) is 8.78 Å². The Balaban J connectivity index is 2.11. The van der Waals surface area contributed by atoms with Gasteiger partial charge in [0.2, 0.25) is 5.72 Å². The molecule has 0 bridgehead atoms. The molecule has 5 nitrogen and oxygen atoms in total. The summed E-state index contributed by atoms with van der Waals surface area (Å²) in [6.07, 6.45) is -3.68. The topological polar surface area (TPSA) is 62.1 Å². The van der Waals surface area contributed by atoms with E-state index in [1.807, 2.05) is 19.1 Å². The van der Waals surface area contributed by atoms with Crippen molar-refractivity contribution in [3.8, 4) is 5.75 Å². The second kappa shape index (κ2) is 6.62. The molecule has 0 saturated heterocycles. The van der Waals surface area contributed by atoms with Crippen LogP contribution < -0.4 is 4.74 Å². The number of hydrogen-bond acceptors (Lipinski definition) is 4. The van der Waals surface area contributed by atoms with Crippen LogP contribution in [0.15, 0.2) is 29.4 Å². The quantitative estimate of drug-likeness (QED) is 0.904. The van der Waals surface area contributed by atoms with Crippen molar-refractivity contribution >= 4 is 11.6 Å². The molecular weight excluding hydrogens is 306 g/mol. The molecule has 1 aromatic rings. The van der Waals surface area contributed by atoms with Gasteiger partial charge in [-0.3, -0.25) is 4.79 Å². The van der Waals surface area contributed by atoms with E-state index in [9.17, 15) is 18.7 Å². The van der Waals surface area contributed by atoms with E-state index in [1.165, 1.54) is 13.8 Å². The minimum atomic E-state index is -3.12. The molecule has 0 spiro atoms. The number of nitrogens with zero attached hydrogens (tertiary/aromatic N) is 2. The molecule has 0 fully saturated rings. The highest BCUT2D eigenvalue weighted by atomic mass is 19.3. The number of halogens is 2. The Morgan fingerprint density at radius 1 is 1.43 bits per heavy atom. The van der Waals surface area contributed by atoms with Crippen LogP contribution >= 0.6 is 0 Å². The molecule has 1 N–H and O–H groups in total. The third-order valence-electron chi connectivity index (χ3n) is 3.70. The van der Waals surface area contributed by atoms with Crippen molar-refractivity contribution in [1.29, 1.82) is 0 Å². The zero-order valence-corrected chi connectivity index (χ0v) is 13.3. The van der Waals surface area contributed by atoms with E-state index < -0.39 is 24.2 Å². The van der Waals surface area contributed by atoms with E-state index in [2.05, 4.69) is 5.10 Å². The summed E-state index contributed by atoms with van der Waals surface area (Å²) in [6.45, 7) is 4.93. The van der Waals surface area contributed by atoms with Crippen molar-refractivity contribution in [3.05, 3.63) is 29.8 Å². The molecule has 7 heteroatoms. The monoisotopic (exact) mass is 326 g/mol. The minimum Gasteiger partial charge on any atom is -0.481 e. The maximum absolute atomic E-state index is 13.1. The van der Waals surface area contributed by atoms with Crippen LogP contribution in [-0.2, 0) is 11.2 Å². The SMILES string of the molecule is CCc1ccc(O[C@H](C)C(=O)N2N=C(C)C[C@@]2(O)C(F)F)cc1. The van der Waals surface area contributed by atoms with Crippen molar-refractivity contribution in [2.24, 2.45) is 5.10 Å². The van der Waals surface area contributed by atoms with Gasteiger partial charge in [-0.05, 0) is 38.0 Å². The summed E-state index contributed by atoms with van der Waals surface area (Å²) in [5, 5.41) is 14.2. The van der Waals surface area contributed by atoms with Crippen LogP contribution in [0.25, 0.3) is 0 Å². The fourth-order valence-electron chi connectivity index (χ4n) is 2.38. The molecule has 23 heavy (non-hydrogen) atoms. The van der Waals surface area contributed by atoms with Gasteiger partial charge in [0, 0.05) is 12.1 Å². The van der Waals surface area contributed by atoms with Gasteiger partial charge in [-0.15, -0.1) is 0 Å². The van der Waals surface area contributed by atoms with Gasteiger partial charge in [0.25, 0.3) is 12.3 Å².